The quantitative estimate of drug-likeness (QED) is 0.359. The van der Waals surface area contributed by atoms with Crippen LogP contribution in [0, 0.1) is 0 Å². The molecule has 0 aromatic heterocycles. The molecule has 5 heteroatoms. The third-order valence-corrected chi connectivity index (χ3v) is 0. The summed E-state index contributed by atoms with van der Waals surface area (Å²) in [7, 11) is 0. The molecule has 0 aromatic rings. The molecule has 0 heterocycles. The van der Waals surface area contributed by atoms with Gasteiger partial charge in [-0.3, -0.25) is 0 Å². The van der Waals surface area contributed by atoms with E-state index in [9.17, 15) is 0 Å². The first-order valence-electron chi connectivity index (χ1n) is 0.532. The van der Waals surface area contributed by atoms with Gasteiger partial charge in [-0.25, -0.2) is 0 Å². The SMILES string of the molecule is O=[Se](O)O.[H-].[K+]. The molecular weight excluding hydrogens is 166 g/mol. The zero-order valence-corrected chi connectivity index (χ0v) is 7.55. The average Bonchev–Trinajstić information content (AvgIpc) is 0.811. The summed E-state index contributed by atoms with van der Waals surface area (Å²) in [6, 6.07) is 0. The number of rotatable bonds is 0. The smallest absolute Gasteiger partial charge is 1.00 e. The van der Waals surface area contributed by atoms with Gasteiger partial charge in [-0.1, -0.05) is 0 Å². The predicted octanol–water partition coefficient (Wildman–Crippen LogP) is -4.50. The van der Waals surface area contributed by atoms with Crippen molar-refractivity contribution in [3.63, 3.8) is 0 Å². The van der Waals surface area contributed by atoms with Crippen molar-refractivity contribution < 1.29 is 65.0 Å². The van der Waals surface area contributed by atoms with Crippen molar-refractivity contribution >= 4 is 14.5 Å². The van der Waals surface area contributed by atoms with Gasteiger partial charge in [-0.05, 0) is 0 Å². The molecule has 3 nitrogen and oxygen atoms in total. The molecule has 0 spiro atoms. The summed E-state index contributed by atoms with van der Waals surface area (Å²) in [6.07, 6.45) is 0. The molecule has 0 aliphatic carbocycles. The Kier molecular flexibility index (Phi) is 11.7. The van der Waals surface area contributed by atoms with Crippen molar-refractivity contribution in [2.24, 2.45) is 0 Å². The Morgan fingerprint density at radius 2 is 1.60 bits per heavy atom. The summed E-state index contributed by atoms with van der Waals surface area (Å²) >= 11 is -3.29. The van der Waals surface area contributed by atoms with Crippen LogP contribution in [-0.2, 0) is 3.83 Å². The minimum atomic E-state index is -3.29. The molecule has 0 bridgehead atoms. The number of hydrogen-bond donors (Lipinski definition) is 2. The fourth-order valence-electron chi connectivity index (χ4n) is 0. The first-order valence-corrected chi connectivity index (χ1v) is 2.76. The standard InChI is InChI=1S/K.H2O3Se.H/c;1-4(2)3;/h;(H2,1,2,3);/q+1;;-1. The zero-order valence-electron chi connectivity index (χ0n) is 3.71. The maximum atomic E-state index is 8.76. The maximum absolute atomic E-state index is 8.76. The van der Waals surface area contributed by atoms with Crippen LogP contribution in [0.1, 0.15) is 1.43 Å². The Labute approximate surface area is 78.0 Å². The molecular formula is H3KO3Se. The van der Waals surface area contributed by atoms with Crippen molar-refractivity contribution in [3.05, 3.63) is 0 Å². The Bertz CT molecular complexity index is 33.8. The van der Waals surface area contributed by atoms with E-state index in [1.54, 1.807) is 0 Å². The molecule has 0 saturated carbocycles. The van der Waals surface area contributed by atoms with Gasteiger partial charge in [-0.2, -0.15) is 0 Å². The Hall–Kier alpha value is 1.88. The minimum absolute atomic E-state index is 0. The van der Waals surface area contributed by atoms with E-state index < -0.39 is 14.5 Å². The molecule has 0 radical (unpaired) electrons. The fraction of sp³-hybridized carbons (Fsp3) is 0. The van der Waals surface area contributed by atoms with Crippen LogP contribution >= 0.6 is 0 Å². The molecule has 0 atom stereocenters. The van der Waals surface area contributed by atoms with Crippen LogP contribution in [0.3, 0.4) is 0 Å². The molecule has 28 valence electrons. The van der Waals surface area contributed by atoms with E-state index in [0.717, 1.165) is 0 Å². The van der Waals surface area contributed by atoms with Gasteiger partial charge in [0.1, 0.15) is 0 Å². The molecule has 0 rings (SSSR count). The predicted molar refractivity (Wildman–Crippen MR) is 12.0 cm³/mol. The first-order chi connectivity index (χ1) is 1.73. The average molecular weight is 169 g/mol. The maximum Gasteiger partial charge on any atom is 1.00 e. The van der Waals surface area contributed by atoms with Crippen LogP contribution in [0.5, 0.6) is 0 Å². The van der Waals surface area contributed by atoms with E-state index in [1.165, 1.54) is 0 Å². The van der Waals surface area contributed by atoms with E-state index in [1.807, 2.05) is 0 Å². The van der Waals surface area contributed by atoms with Gasteiger partial charge < -0.3 is 1.43 Å². The van der Waals surface area contributed by atoms with Gasteiger partial charge in [-0.15, -0.1) is 0 Å². The summed E-state index contributed by atoms with van der Waals surface area (Å²) in [4.78, 5) is 0. The minimum Gasteiger partial charge on any atom is -1.00 e. The second-order valence-corrected chi connectivity index (χ2v) is 1.20. The summed E-state index contributed by atoms with van der Waals surface area (Å²) in [5.41, 5.74) is 0. The monoisotopic (exact) mass is 170 g/mol. The number of hydrogen-bond acceptors (Lipinski definition) is 1. The molecule has 0 aliphatic rings. The van der Waals surface area contributed by atoms with E-state index in [2.05, 4.69) is 0 Å². The summed E-state index contributed by atoms with van der Waals surface area (Å²) in [5.74, 6) is 0. The van der Waals surface area contributed by atoms with E-state index >= 15 is 0 Å². The Morgan fingerprint density at radius 3 is 1.60 bits per heavy atom. The summed E-state index contributed by atoms with van der Waals surface area (Å²) < 4.78 is 23.1. The van der Waals surface area contributed by atoms with Crippen LogP contribution in [0.4, 0.5) is 0 Å². The largest absolute Gasteiger partial charge is 1.00 e. The van der Waals surface area contributed by atoms with Crippen molar-refractivity contribution in [3.8, 4) is 0 Å². The van der Waals surface area contributed by atoms with Gasteiger partial charge in [0.25, 0.3) is 0 Å². The molecule has 0 amide bonds. The molecule has 0 aromatic carbocycles. The van der Waals surface area contributed by atoms with E-state index in [0.29, 0.717) is 0 Å². The van der Waals surface area contributed by atoms with Crippen LogP contribution < -0.4 is 51.4 Å². The van der Waals surface area contributed by atoms with Crippen LogP contribution in [0.2, 0.25) is 0 Å². The van der Waals surface area contributed by atoms with Crippen molar-refractivity contribution in [1.29, 1.82) is 0 Å². The Morgan fingerprint density at radius 1 is 1.60 bits per heavy atom. The summed E-state index contributed by atoms with van der Waals surface area (Å²) in [6.45, 7) is 0. The van der Waals surface area contributed by atoms with Gasteiger partial charge in [0.05, 0.1) is 0 Å². The van der Waals surface area contributed by atoms with E-state index in [4.69, 9.17) is 12.2 Å². The molecule has 5 heavy (non-hydrogen) atoms. The third-order valence-electron chi connectivity index (χ3n) is 0. The van der Waals surface area contributed by atoms with Crippen molar-refractivity contribution in [2.75, 3.05) is 0 Å². The van der Waals surface area contributed by atoms with Crippen molar-refractivity contribution in [1.82, 2.24) is 0 Å². The second-order valence-electron chi connectivity index (χ2n) is 0.231. The van der Waals surface area contributed by atoms with Crippen LogP contribution in [0.25, 0.3) is 0 Å². The van der Waals surface area contributed by atoms with Crippen molar-refractivity contribution in [2.45, 2.75) is 0 Å². The second kappa shape index (κ2) is 5.88. The molecule has 2 N–H and O–H groups in total. The van der Waals surface area contributed by atoms with Crippen LogP contribution in [-0.4, -0.2) is 22.9 Å². The zero-order chi connectivity index (χ0) is 3.58. The summed E-state index contributed by atoms with van der Waals surface area (Å²) in [5, 5.41) is 0. The van der Waals surface area contributed by atoms with Gasteiger partial charge in [0.15, 0.2) is 0 Å². The Balaban J connectivity index is -0.0000000450. The first kappa shape index (κ1) is 9.99. The van der Waals surface area contributed by atoms with Gasteiger partial charge >= 0.3 is 78.1 Å². The van der Waals surface area contributed by atoms with Gasteiger partial charge in [0.2, 0.25) is 0 Å². The topological polar surface area (TPSA) is 57.5 Å². The molecule has 0 saturated heterocycles. The molecule has 0 unspecified atom stereocenters. The fourth-order valence-corrected chi connectivity index (χ4v) is 0. The molecule has 0 aliphatic heterocycles. The van der Waals surface area contributed by atoms with Crippen LogP contribution in [0.15, 0.2) is 0 Å². The normalized spacial score (nSPS) is 7.00. The van der Waals surface area contributed by atoms with E-state index in [-0.39, 0.29) is 52.8 Å². The third kappa shape index (κ3) is 25.1. The van der Waals surface area contributed by atoms with Gasteiger partial charge in [0, 0.05) is 0 Å². The molecule has 0 fully saturated rings.